The number of aromatic nitrogens is 1. The molecule has 2 aromatic rings. The van der Waals surface area contributed by atoms with Gasteiger partial charge in [-0.3, -0.25) is 0 Å². The van der Waals surface area contributed by atoms with Gasteiger partial charge in [0.05, 0.1) is 0 Å². The number of hydrogen-bond donors (Lipinski definition) is 2. The predicted molar refractivity (Wildman–Crippen MR) is 67.5 cm³/mol. The molecule has 0 saturated heterocycles. The monoisotopic (exact) mass is 214 g/mol. The highest BCUT2D eigenvalue weighted by molar-refractivity contribution is 5.29. The van der Waals surface area contributed by atoms with Crippen molar-refractivity contribution in [3.8, 4) is 0 Å². The summed E-state index contributed by atoms with van der Waals surface area (Å²) in [6, 6.07) is 10.8. The topological polar surface area (TPSA) is 41.8 Å². The summed E-state index contributed by atoms with van der Waals surface area (Å²) in [4.78, 5) is 3.07. The zero-order chi connectivity index (χ0) is 11.4. The maximum Gasteiger partial charge on any atom is 0.00407 e. The molecule has 2 rings (SSSR count). The van der Waals surface area contributed by atoms with Gasteiger partial charge in [-0.05, 0) is 41.6 Å². The smallest absolute Gasteiger partial charge is 0.00407 e. The van der Waals surface area contributed by atoms with Crippen molar-refractivity contribution in [2.45, 2.75) is 19.3 Å². The van der Waals surface area contributed by atoms with Gasteiger partial charge in [-0.2, -0.15) is 0 Å². The lowest BCUT2D eigenvalue weighted by molar-refractivity contribution is 0.773. The molecule has 1 unspecified atom stereocenters. The van der Waals surface area contributed by atoms with Crippen LogP contribution in [-0.4, -0.2) is 11.5 Å². The highest BCUT2D eigenvalue weighted by Gasteiger charge is 2.03. The van der Waals surface area contributed by atoms with Crippen LogP contribution in [0.2, 0.25) is 0 Å². The molecule has 0 amide bonds. The molecular formula is C14H18N2. The maximum atomic E-state index is 5.65. The SMILES string of the molecule is CC(CN)c1ccc(Cc2cc[nH]c2)cc1. The second kappa shape index (κ2) is 4.99. The van der Waals surface area contributed by atoms with Crippen LogP contribution in [0.4, 0.5) is 0 Å². The van der Waals surface area contributed by atoms with Gasteiger partial charge < -0.3 is 10.7 Å². The van der Waals surface area contributed by atoms with Gasteiger partial charge in [0, 0.05) is 12.4 Å². The largest absolute Gasteiger partial charge is 0.367 e. The molecule has 0 aliphatic carbocycles. The van der Waals surface area contributed by atoms with E-state index in [9.17, 15) is 0 Å². The fourth-order valence-corrected chi connectivity index (χ4v) is 1.80. The molecule has 3 N–H and O–H groups in total. The lowest BCUT2D eigenvalue weighted by Crippen LogP contribution is -2.08. The molecule has 0 saturated carbocycles. The van der Waals surface area contributed by atoms with Crippen molar-refractivity contribution < 1.29 is 0 Å². The Kier molecular flexibility index (Phi) is 3.42. The molecule has 1 aromatic carbocycles. The highest BCUT2D eigenvalue weighted by atomic mass is 14.6. The van der Waals surface area contributed by atoms with Crippen LogP contribution in [0, 0.1) is 0 Å². The van der Waals surface area contributed by atoms with Crippen molar-refractivity contribution >= 4 is 0 Å². The van der Waals surface area contributed by atoms with Crippen LogP contribution < -0.4 is 5.73 Å². The Hall–Kier alpha value is -1.54. The molecule has 0 bridgehead atoms. The first-order chi connectivity index (χ1) is 7.79. The fraction of sp³-hybridized carbons (Fsp3) is 0.286. The van der Waals surface area contributed by atoms with Crippen molar-refractivity contribution in [2.75, 3.05) is 6.54 Å². The zero-order valence-electron chi connectivity index (χ0n) is 9.61. The molecule has 0 radical (unpaired) electrons. The standard InChI is InChI=1S/C14H18N2/c1-11(9-15)14-4-2-12(3-5-14)8-13-6-7-16-10-13/h2-7,10-11,16H,8-9,15H2,1H3. The van der Waals surface area contributed by atoms with E-state index in [2.05, 4.69) is 42.2 Å². The van der Waals surface area contributed by atoms with Crippen LogP contribution in [-0.2, 0) is 6.42 Å². The Morgan fingerprint density at radius 2 is 1.88 bits per heavy atom. The van der Waals surface area contributed by atoms with Crippen LogP contribution >= 0.6 is 0 Å². The molecular weight excluding hydrogens is 196 g/mol. The van der Waals surface area contributed by atoms with Gasteiger partial charge in [0.1, 0.15) is 0 Å². The van der Waals surface area contributed by atoms with E-state index in [1.165, 1.54) is 16.7 Å². The maximum absolute atomic E-state index is 5.65. The molecule has 0 aliphatic heterocycles. The normalized spacial score (nSPS) is 12.6. The first-order valence-corrected chi connectivity index (χ1v) is 5.70. The summed E-state index contributed by atoms with van der Waals surface area (Å²) in [7, 11) is 0. The van der Waals surface area contributed by atoms with E-state index in [0.717, 1.165) is 6.42 Å². The van der Waals surface area contributed by atoms with Gasteiger partial charge in [0.25, 0.3) is 0 Å². The zero-order valence-corrected chi connectivity index (χ0v) is 9.61. The van der Waals surface area contributed by atoms with E-state index >= 15 is 0 Å². The van der Waals surface area contributed by atoms with Gasteiger partial charge >= 0.3 is 0 Å². The average Bonchev–Trinajstić information content (AvgIpc) is 2.82. The molecule has 2 heteroatoms. The molecule has 0 spiro atoms. The minimum atomic E-state index is 0.446. The summed E-state index contributed by atoms with van der Waals surface area (Å²) >= 11 is 0. The molecule has 1 heterocycles. The molecule has 2 nitrogen and oxygen atoms in total. The lowest BCUT2D eigenvalue weighted by atomic mass is 9.98. The van der Waals surface area contributed by atoms with Crippen molar-refractivity contribution in [1.29, 1.82) is 0 Å². The van der Waals surface area contributed by atoms with E-state index in [1.54, 1.807) is 0 Å². The Labute approximate surface area is 96.5 Å². The van der Waals surface area contributed by atoms with Crippen molar-refractivity contribution in [3.63, 3.8) is 0 Å². The summed E-state index contributed by atoms with van der Waals surface area (Å²) in [6.45, 7) is 2.86. The second-order valence-electron chi connectivity index (χ2n) is 4.27. The first-order valence-electron chi connectivity index (χ1n) is 5.70. The van der Waals surface area contributed by atoms with Gasteiger partial charge in [-0.25, -0.2) is 0 Å². The first kappa shape index (κ1) is 11.0. The molecule has 0 fully saturated rings. The average molecular weight is 214 g/mol. The quantitative estimate of drug-likeness (QED) is 0.807. The Morgan fingerprint density at radius 3 is 2.44 bits per heavy atom. The summed E-state index contributed by atoms with van der Waals surface area (Å²) in [6.07, 6.45) is 4.98. The number of H-pyrrole nitrogens is 1. The van der Waals surface area contributed by atoms with E-state index in [0.29, 0.717) is 12.5 Å². The summed E-state index contributed by atoms with van der Waals surface area (Å²) in [5.74, 6) is 0.446. The van der Waals surface area contributed by atoms with Gasteiger partial charge in [0.15, 0.2) is 0 Å². The van der Waals surface area contributed by atoms with Crippen molar-refractivity contribution in [2.24, 2.45) is 5.73 Å². The van der Waals surface area contributed by atoms with Crippen LogP contribution in [0.5, 0.6) is 0 Å². The third-order valence-corrected chi connectivity index (χ3v) is 2.97. The molecule has 16 heavy (non-hydrogen) atoms. The van der Waals surface area contributed by atoms with Crippen LogP contribution in [0.15, 0.2) is 42.7 Å². The predicted octanol–water partition coefficient (Wildman–Crippen LogP) is 2.67. The second-order valence-corrected chi connectivity index (χ2v) is 4.27. The van der Waals surface area contributed by atoms with Crippen LogP contribution in [0.25, 0.3) is 0 Å². The Balaban J connectivity index is 2.07. The third kappa shape index (κ3) is 2.52. The molecule has 0 aliphatic rings. The number of nitrogens with two attached hydrogens (primary N) is 1. The summed E-state index contributed by atoms with van der Waals surface area (Å²) in [5, 5.41) is 0. The van der Waals surface area contributed by atoms with Gasteiger partial charge in [-0.15, -0.1) is 0 Å². The molecule has 84 valence electrons. The lowest BCUT2D eigenvalue weighted by Gasteiger charge is -2.09. The van der Waals surface area contributed by atoms with E-state index in [-0.39, 0.29) is 0 Å². The fourth-order valence-electron chi connectivity index (χ4n) is 1.80. The van der Waals surface area contributed by atoms with Crippen LogP contribution in [0.1, 0.15) is 29.5 Å². The number of nitrogens with one attached hydrogen (secondary N) is 1. The van der Waals surface area contributed by atoms with Crippen molar-refractivity contribution in [1.82, 2.24) is 4.98 Å². The minimum Gasteiger partial charge on any atom is -0.367 e. The van der Waals surface area contributed by atoms with Gasteiger partial charge in [-0.1, -0.05) is 31.2 Å². The summed E-state index contributed by atoms with van der Waals surface area (Å²) in [5.41, 5.74) is 9.63. The highest BCUT2D eigenvalue weighted by Crippen LogP contribution is 2.16. The van der Waals surface area contributed by atoms with E-state index in [4.69, 9.17) is 5.73 Å². The summed E-state index contributed by atoms with van der Waals surface area (Å²) < 4.78 is 0. The number of benzene rings is 1. The number of aromatic amines is 1. The number of rotatable bonds is 4. The van der Waals surface area contributed by atoms with Gasteiger partial charge in [0.2, 0.25) is 0 Å². The number of hydrogen-bond acceptors (Lipinski definition) is 1. The Morgan fingerprint density at radius 1 is 1.12 bits per heavy atom. The minimum absolute atomic E-state index is 0.446. The molecule has 1 aromatic heterocycles. The third-order valence-electron chi connectivity index (χ3n) is 2.97. The van der Waals surface area contributed by atoms with E-state index in [1.807, 2.05) is 12.4 Å². The van der Waals surface area contributed by atoms with Crippen LogP contribution in [0.3, 0.4) is 0 Å². The van der Waals surface area contributed by atoms with E-state index < -0.39 is 0 Å². The Bertz CT molecular complexity index is 415. The van der Waals surface area contributed by atoms with Crippen molar-refractivity contribution in [3.05, 3.63) is 59.4 Å². The molecule has 1 atom stereocenters.